The second-order valence-electron chi connectivity index (χ2n) is 24.9. The first-order valence-corrected chi connectivity index (χ1v) is 35.3. The van der Waals surface area contributed by atoms with Crippen molar-refractivity contribution in [3.05, 3.63) is 464 Å². The molecule has 0 amide bonds. The summed E-state index contributed by atoms with van der Waals surface area (Å²) in [5.74, 6) is 0. The number of hydrogen-bond donors (Lipinski definition) is 0. The van der Waals surface area contributed by atoms with E-state index in [2.05, 4.69) is 256 Å². The first-order valence-electron chi connectivity index (χ1n) is 35.3. The molecular weight excluding hydrogens is 2060 g/mol. The molecule has 7 heterocycles. The van der Waals surface area contributed by atoms with Crippen molar-refractivity contribution in [2.45, 2.75) is 32.9 Å². The number of fused-ring (bicyclic) bond motifs is 3. The van der Waals surface area contributed by atoms with Crippen LogP contribution in [0.5, 0.6) is 0 Å². The number of rotatable bonds is 10. The fourth-order valence-electron chi connectivity index (χ4n) is 12.4. The van der Waals surface area contributed by atoms with Gasteiger partial charge in [0.1, 0.15) is 0 Å². The molecule has 16 aromatic rings. The SMILES string of the molecule is Cc1cc(-c2[c-]cccc2)ncc1-c1ccccc1.Cc1cc(-c2ccccn2)[c-]cc1-c1ccccc1.Cc1ccccc1-c1ccnc(-c2[c-]cccc2)c1.[Ir+3].[Ir+3].[Ir].[Ir].[c-]1ccc(-n2c3ccccc3c3ccccc32)cc1-c1ccccn1.[c-]1ccccc1C1C=CC=C[N-]1.[c-]1ccccc1C1C=CC=C[N-]1. The first-order chi connectivity index (χ1) is 52.4. The van der Waals surface area contributed by atoms with Gasteiger partial charge in [0, 0.05) is 81.3 Å². The van der Waals surface area contributed by atoms with Gasteiger partial charge in [0.15, 0.2) is 0 Å². The smallest absolute Gasteiger partial charge is 0.683 e. The van der Waals surface area contributed by atoms with Gasteiger partial charge in [0.2, 0.25) is 0 Å². The summed E-state index contributed by atoms with van der Waals surface area (Å²) < 4.78 is 2.31. The third-order valence-corrected chi connectivity index (χ3v) is 17.7. The third-order valence-electron chi connectivity index (χ3n) is 17.7. The Morgan fingerprint density at radius 3 is 1.27 bits per heavy atom. The molecule has 2 radical (unpaired) electrons. The molecule has 0 N–H and O–H groups in total. The molecule has 2 aliphatic heterocycles. The fraction of sp³-hybridized carbons (Fsp3) is 0.0505. The summed E-state index contributed by atoms with van der Waals surface area (Å²) in [5, 5.41) is 11.1. The number of nitrogens with zero attached hydrogens (tertiary/aromatic N) is 7. The van der Waals surface area contributed by atoms with E-state index in [1.165, 1.54) is 71.9 Å². The molecule has 2 aliphatic rings. The molecule has 0 saturated heterocycles. The molecule has 2 unspecified atom stereocenters. The summed E-state index contributed by atoms with van der Waals surface area (Å²) in [4.78, 5) is 17.8. The number of para-hydroxylation sites is 2. The number of benzene rings is 11. The standard InChI is InChI=1S/C23H15N2.3C18H14N.2C11H9N.4Ir/c1-3-13-22-19(10-1)20-11-2-4-14-23(20)25(22)18-9-7-8-17(16-18)21-12-5-6-15-24-21;1-14-12-18(16-10-6-3-7-11-16)19-13-17(14)15-8-4-2-5-9-15;1-14-7-5-6-10-17(14)16-11-12-19-18(13-16)15-8-3-2-4-9-15;1-14-13-16(18-9-5-6-12-19-18)10-11-17(14)15-7-3-2-4-8-15;2*1-2-6-10(7-3-1)11-8-4-5-9-12-11;;;;/h1-7,9-16H;2-10,12-13H,1H3;2-8,10-13H,1H3;2-9,11-13H,1H3;2*1-6,8-9,11H;;;;/q4*-1;2*-2;;;2*+3. The van der Waals surface area contributed by atoms with Gasteiger partial charge >= 0.3 is 40.2 Å². The Balaban J connectivity index is 0.000000153. The molecule has 110 heavy (non-hydrogen) atoms. The van der Waals surface area contributed by atoms with Crippen LogP contribution in [-0.2, 0) is 80.4 Å². The fourth-order valence-corrected chi connectivity index (χ4v) is 12.4. The molecular formula is C99H75Ir4N7-2. The van der Waals surface area contributed by atoms with Gasteiger partial charge in [-0.1, -0.05) is 224 Å². The zero-order valence-electron chi connectivity index (χ0n) is 60.6. The van der Waals surface area contributed by atoms with E-state index in [1.54, 1.807) is 0 Å². The summed E-state index contributed by atoms with van der Waals surface area (Å²) in [6.45, 7) is 6.38. The molecule has 11 aromatic carbocycles. The van der Waals surface area contributed by atoms with Crippen molar-refractivity contribution < 1.29 is 80.4 Å². The first kappa shape index (κ1) is 83.0. The van der Waals surface area contributed by atoms with Crippen LogP contribution in [0, 0.1) is 57.2 Å². The average molecular weight is 2130 g/mol. The van der Waals surface area contributed by atoms with Crippen molar-refractivity contribution in [1.82, 2.24) is 24.5 Å². The van der Waals surface area contributed by atoms with Crippen molar-refractivity contribution >= 4 is 21.8 Å². The van der Waals surface area contributed by atoms with Crippen LogP contribution in [0.15, 0.2) is 389 Å². The largest absolute Gasteiger partial charge is 3.00 e. The third kappa shape index (κ3) is 22.3. The van der Waals surface area contributed by atoms with E-state index in [0.29, 0.717) is 0 Å². The molecule has 0 aliphatic carbocycles. The second kappa shape index (κ2) is 43.2. The monoisotopic (exact) mass is 2130 g/mol. The Morgan fingerprint density at radius 1 is 0.318 bits per heavy atom. The zero-order valence-corrected chi connectivity index (χ0v) is 70.1. The van der Waals surface area contributed by atoms with Crippen LogP contribution in [0.1, 0.15) is 39.9 Å². The van der Waals surface area contributed by atoms with Crippen molar-refractivity contribution in [2.24, 2.45) is 0 Å². The van der Waals surface area contributed by atoms with Gasteiger partial charge in [-0.25, -0.2) is 0 Å². The van der Waals surface area contributed by atoms with Gasteiger partial charge in [0.25, 0.3) is 0 Å². The van der Waals surface area contributed by atoms with E-state index in [-0.39, 0.29) is 92.5 Å². The number of allylic oxidation sites excluding steroid dienone is 4. The average Bonchev–Trinajstić information content (AvgIpc) is 1.58. The van der Waals surface area contributed by atoms with E-state index in [9.17, 15) is 0 Å². The molecule has 0 bridgehead atoms. The van der Waals surface area contributed by atoms with Crippen LogP contribution < -0.4 is 0 Å². The summed E-state index contributed by atoms with van der Waals surface area (Å²) in [6.07, 6.45) is 23.1. The maximum atomic E-state index is 4.55. The Hall–Kier alpha value is -11.0. The molecule has 0 fully saturated rings. The molecule has 2 atom stereocenters. The van der Waals surface area contributed by atoms with Crippen molar-refractivity contribution in [3.63, 3.8) is 0 Å². The zero-order chi connectivity index (χ0) is 72.3. The van der Waals surface area contributed by atoms with E-state index < -0.39 is 0 Å². The van der Waals surface area contributed by atoms with Crippen molar-refractivity contribution in [1.29, 1.82) is 0 Å². The number of pyridine rings is 4. The molecule has 18 rings (SSSR count). The normalized spacial score (nSPS) is 12.4. The summed E-state index contributed by atoms with van der Waals surface area (Å²) in [5.41, 5.74) is 24.7. The minimum Gasteiger partial charge on any atom is -0.683 e. The van der Waals surface area contributed by atoms with E-state index in [0.717, 1.165) is 61.8 Å². The number of aromatic nitrogens is 5. The van der Waals surface area contributed by atoms with E-state index in [1.807, 2.05) is 225 Å². The maximum absolute atomic E-state index is 4.55. The Morgan fingerprint density at radius 2 is 0.782 bits per heavy atom. The van der Waals surface area contributed by atoms with Gasteiger partial charge in [-0.05, 0) is 100 Å². The van der Waals surface area contributed by atoms with Crippen molar-refractivity contribution in [2.75, 3.05) is 0 Å². The quantitative estimate of drug-likeness (QED) is 0.128. The second-order valence-corrected chi connectivity index (χ2v) is 24.9. The predicted molar refractivity (Wildman–Crippen MR) is 438 cm³/mol. The minimum atomic E-state index is 0. The molecule has 7 nitrogen and oxygen atoms in total. The van der Waals surface area contributed by atoms with E-state index in [4.69, 9.17) is 0 Å². The summed E-state index contributed by atoms with van der Waals surface area (Å²) in [6, 6.07) is 126. The number of hydrogen-bond acceptors (Lipinski definition) is 4. The summed E-state index contributed by atoms with van der Waals surface area (Å²) in [7, 11) is 0. The van der Waals surface area contributed by atoms with Crippen LogP contribution in [0.4, 0.5) is 0 Å². The van der Waals surface area contributed by atoms with Crippen LogP contribution >= 0.6 is 0 Å². The topological polar surface area (TPSA) is 84.7 Å². The molecule has 5 aromatic heterocycles. The van der Waals surface area contributed by atoms with Crippen LogP contribution in [0.2, 0.25) is 0 Å². The maximum Gasteiger partial charge on any atom is 3.00 e. The van der Waals surface area contributed by atoms with Crippen molar-refractivity contribution in [3.8, 4) is 84.1 Å². The Kier molecular flexibility index (Phi) is 32.6. The van der Waals surface area contributed by atoms with Crippen LogP contribution in [-0.4, -0.2) is 24.5 Å². The van der Waals surface area contributed by atoms with E-state index >= 15 is 0 Å². The molecule has 0 spiro atoms. The van der Waals surface area contributed by atoms with Gasteiger partial charge < -0.3 is 35.1 Å². The number of aryl methyl sites for hydroxylation is 3. The summed E-state index contributed by atoms with van der Waals surface area (Å²) >= 11 is 0. The van der Waals surface area contributed by atoms with Gasteiger partial charge in [-0.3, -0.25) is 0 Å². The van der Waals surface area contributed by atoms with Crippen LogP contribution in [0.25, 0.3) is 117 Å². The Labute approximate surface area is 701 Å². The molecule has 11 heteroatoms. The van der Waals surface area contributed by atoms with Gasteiger partial charge in [0.05, 0.1) is 11.0 Å². The molecule has 544 valence electrons. The predicted octanol–water partition coefficient (Wildman–Crippen LogP) is 25.2. The Bertz CT molecular complexity index is 5330. The van der Waals surface area contributed by atoms with Gasteiger partial charge in [-0.2, -0.15) is 84.2 Å². The minimum absolute atomic E-state index is 0. The van der Waals surface area contributed by atoms with Gasteiger partial charge in [-0.15, -0.1) is 131 Å². The molecule has 0 saturated carbocycles. The van der Waals surface area contributed by atoms with Crippen LogP contribution in [0.3, 0.4) is 0 Å².